The van der Waals surface area contributed by atoms with Crippen LogP contribution in [0, 0.1) is 0 Å². The first-order chi connectivity index (χ1) is 34.1. The van der Waals surface area contributed by atoms with E-state index in [9.17, 15) is 0 Å². The highest BCUT2D eigenvalue weighted by Gasteiger charge is 2.51. The molecule has 13 rings (SSSR count). The van der Waals surface area contributed by atoms with Crippen molar-refractivity contribution in [3.05, 3.63) is 211 Å². The van der Waals surface area contributed by atoms with Crippen molar-refractivity contribution in [2.24, 2.45) is 0 Å². The summed E-state index contributed by atoms with van der Waals surface area (Å²) in [6.07, 6.45) is 0. The summed E-state index contributed by atoms with van der Waals surface area (Å²) in [7, 11) is 0. The topological polar surface area (TPSA) is 9.72 Å². The van der Waals surface area contributed by atoms with Crippen molar-refractivity contribution in [2.45, 2.75) is 78.6 Å². The van der Waals surface area contributed by atoms with Gasteiger partial charge in [0, 0.05) is 51.2 Å². The number of hydrogen-bond donors (Lipinski definition) is 0. The molecule has 0 saturated carbocycles. The standard InChI is InChI=1S/C66H59B2N3/c1-64(2,3)46-28-32-49(33-29-46)69-55-24-17-16-23-51(55)67-53-40-48(66(7,8)9)41-54-63(53)71(60-39-45(38-59(69)62(60)67)43-21-14-11-15-22-43)57-26-18-25-56-61(57)68(54)52-36-27-44(42-19-12-10-13-20-42)37-58(52)70(56)50-34-30-47(31-35-50)65(4,5)6/h10-41H,1-9H3. The fraction of sp³-hybridized carbons (Fsp3) is 0.182. The third-order valence-electron chi connectivity index (χ3n) is 15.9. The van der Waals surface area contributed by atoms with E-state index in [1.807, 2.05) is 0 Å². The third kappa shape index (κ3) is 6.72. The van der Waals surface area contributed by atoms with Gasteiger partial charge >= 0.3 is 0 Å². The zero-order chi connectivity index (χ0) is 48.7. The number of rotatable bonds is 4. The second-order valence-corrected chi connectivity index (χ2v) is 23.4. The van der Waals surface area contributed by atoms with Crippen LogP contribution in [0.5, 0.6) is 0 Å². The number of para-hydroxylation sites is 1. The van der Waals surface area contributed by atoms with Crippen molar-refractivity contribution in [1.29, 1.82) is 0 Å². The van der Waals surface area contributed by atoms with E-state index >= 15 is 0 Å². The van der Waals surface area contributed by atoms with Crippen LogP contribution in [0.1, 0.15) is 79.0 Å². The van der Waals surface area contributed by atoms with E-state index in [1.54, 1.807) is 0 Å². The van der Waals surface area contributed by atoms with Gasteiger partial charge in [0.05, 0.1) is 0 Å². The molecule has 0 fully saturated rings. The largest absolute Gasteiger partial charge is 0.312 e. The maximum absolute atomic E-state index is 2.69. The highest BCUT2D eigenvalue weighted by atomic mass is 15.2. The van der Waals surface area contributed by atoms with Crippen LogP contribution in [0.15, 0.2) is 194 Å². The highest BCUT2D eigenvalue weighted by Crippen LogP contribution is 2.50. The van der Waals surface area contributed by atoms with Gasteiger partial charge in [0.1, 0.15) is 0 Å². The van der Waals surface area contributed by atoms with Crippen molar-refractivity contribution >= 4 is 97.4 Å². The summed E-state index contributed by atoms with van der Waals surface area (Å²) in [4.78, 5) is 7.80. The molecule has 3 nitrogen and oxygen atoms in total. The van der Waals surface area contributed by atoms with Gasteiger partial charge in [-0.05, 0) is 149 Å². The second kappa shape index (κ2) is 15.5. The maximum atomic E-state index is 2.69. The van der Waals surface area contributed by atoms with Crippen LogP contribution in [-0.2, 0) is 16.2 Å². The molecule has 0 bridgehead atoms. The Morgan fingerprint density at radius 3 is 1.25 bits per heavy atom. The zero-order valence-corrected chi connectivity index (χ0v) is 42.5. The van der Waals surface area contributed by atoms with E-state index in [1.165, 1.54) is 117 Å². The minimum Gasteiger partial charge on any atom is -0.312 e. The average Bonchev–Trinajstić information content (AvgIpc) is 3.38. The molecule has 0 N–H and O–H groups in total. The smallest absolute Gasteiger partial charge is 0.252 e. The fourth-order valence-electron chi connectivity index (χ4n) is 12.2. The van der Waals surface area contributed by atoms with E-state index < -0.39 is 0 Å². The third-order valence-corrected chi connectivity index (χ3v) is 15.9. The van der Waals surface area contributed by atoms with Crippen LogP contribution in [0.3, 0.4) is 0 Å². The van der Waals surface area contributed by atoms with Crippen LogP contribution < -0.4 is 47.5 Å². The lowest BCUT2D eigenvalue weighted by atomic mass is 9.29. The molecule has 4 aliphatic rings. The molecule has 0 amide bonds. The number of anilines is 9. The van der Waals surface area contributed by atoms with Crippen molar-refractivity contribution in [3.8, 4) is 22.3 Å². The molecule has 0 atom stereocenters. The summed E-state index contributed by atoms with van der Waals surface area (Å²) in [5.41, 5.74) is 28.0. The molecular formula is C66H59B2N3. The molecule has 0 spiro atoms. The lowest BCUT2D eigenvalue weighted by molar-refractivity contribution is 0.590. The lowest BCUT2D eigenvalue weighted by Gasteiger charge is -2.50. The Labute approximate surface area is 421 Å². The van der Waals surface area contributed by atoms with Crippen LogP contribution in [-0.4, -0.2) is 13.4 Å². The van der Waals surface area contributed by atoms with E-state index in [0.29, 0.717) is 0 Å². The fourth-order valence-corrected chi connectivity index (χ4v) is 12.2. The quantitative estimate of drug-likeness (QED) is 0.163. The normalized spacial score (nSPS) is 14.1. The van der Waals surface area contributed by atoms with Crippen molar-refractivity contribution in [3.63, 3.8) is 0 Å². The molecule has 344 valence electrons. The predicted molar refractivity (Wildman–Crippen MR) is 307 cm³/mol. The van der Waals surface area contributed by atoms with Gasteiger partial charge in [0.2, 0.25) is 0 Å². The average molecular weight is 916 g/mol. The van der Waals surface area contributed by atoms with Gasteiger partial charge in [-0.2, -0.15) is 0 Å². The molecule has 0 aliphatic carbocycles. The van der Waals surface area contributed by atoms with Gasteiger partial charge in [0.25, 0.3) is 13.4 Å². The Bertz CT molecular complexity index is 3600. The van der Waals surface area contributed by atoms with Crippen LogP contribution in [0.2, 0.25) is 0 Å². The first kappa shape index (κ1) is 43.5. The van der Waals surface area contributed by atoms with Gasteiger partial charge in [-0.15, -0.1) is 0 Å². The van der Waals surface area contributed by atoms with Crippen molar-refractivity contribution < 1.29 is 0 Å². The minimum absolute atomic E-state index is 0.00417. The number of hydrogen-bond acceptors (Lipinski definition) is 3. The second-order valence-electron chi connectivity index (χ2n) is 23.4. The number of benzene rings is 9. The molecule has 9 aromatic carbocycles. The van der Waals surface area contributed by atoms with Gasteiger partial charge < -0.3 is 14.7 Å². The van der Waals surface area contributed by atoms with E-state index in [0.717, 1.165) is 5.69 Å². The van der Waals surface area contributed by atoms with E-state index in [2.05, 4.69) is 271 Å². The molecule has 5 heteroatoms. The summed E-state index contributed by atoms with van der Waals surface area (Å²) in [6.45, 7) is 21.0. The number of fused-ring (bicyclic) bond motifs is 8. The monoisotopic (exact) mass is 915 g/mol. The van der Waals surface area contributed by atoms with Crippen LogP contribution >= 0.6 is 0 Å². The zero-order valence-electron chi connectivity index (χ0n) is 42.5. The Kier molecular flexibility index (Phi) is 9.50. The van der Waals surface area contributed by atoms with Gasteiger partial charge in [-0.1, -0.05) is 196 Å². The van der Waals surface area contributed by atoms with Crippen LogP contribution in [0.25, 0.3) is 22.3 Å². The predicted octanol–water partition coefficient (Wildman–Crippen LogP) is 13.6. The Hall–Kier alpha value is -7.49. The molecule has 4 aliphatic heterocycles. The molecular weight excluding hydrogens is 856 g/mol. The van der Waals surface area contributed by atoms with E-state index in [4.69, 9.17) is 0 Å². The molecule has 9 aromatic rings. The molecule has 0 unspecified atom stereocenters. The molecule has 0 radical (unpaired) electrons. The molecule has 0 saturated heterocycles. The first-order valence-corrected chi connectivity index (χ1v) is 25.6. The van der Waals surface area contributed by atoms with Gasteiger partial charge in [-0.25, -0.2) is 0 Å². The Balaban J connectivity index is 1.13. The molecule has 71 heavy (non-hydrogen) atoms. The molecule has 0 aromatic heterocycles. The highest BCUT2D eigenvalue weighted by molar-refractivity contribution is 7.04. The summed E-state index contributed by atoms with van der Waals surface area (Å²) < 4.78 is 0. The first-order valence-electron chi connectivity index (χ1n) is 25.6. The Morgan fingerprint density at radius 1 is 0.282 bits per heavy atom. The SMILES string of the molecule is CC(C)(C)c1ccc(N2c3cc(-c4ccccc4)ccc3B3c4cc(C(C)(C)C)cc5c4N(c4cccc2c43)c2cc(-c3ccccc3)cc3c2B5c2ccccc2N3c2ccc(C(C)(C)C)cc2)cc1. The summed E-state index contributed by atoms with van der Waals surface area (Å²) >= 11 is 0. The van der Waals surface area contributed by atoms with E-state index in [-0.39, 0.29) is 29.7 Å². The summed E-state index contributed by atoms with van der Waals surface area (Å²) in [6, 6.07) is 74.3. The molecule has 4 heterocycles. The van der Waals surface area contributed by atoms with Crippen LogP contribution in [0.4, 0.5) is 51.2 Å². The van der Waals surface area contributed by atoms with Crippen molar-refractivity contribution in [1.82, 2.24) is 0 Å². The minimum atomic E-state index is -0.110. The number of nitrogens with zero attached hydrogens (tertiary/aromatic N) is 3. The van der Waals surface area contributed by atoms with Gasteiger partial charge in [0.15, 0.2) is 0 Å². The Morgan fingerprint density at radius 2 is 0.704 bits per heavy atom. The van der Waals surface area contributed by atoms with Crippen molar-refractivity contribution in [2.75, 3.05) is 14.7 Å². The maximum Gasteiger partial charge on any atom is 0.252 e. The summed E-state index contributed by atoms with van der Waals surface area (Å²) in [5.74, 6) is 0. The summed E-state index contributed by atoms with van der Waals surface area (Å²) in [5, 5.41) is 0. The van der Waals surface area contributed by atoms with Gasteiger partial charge in [-0.3, -0.25) is 0 Å². The lowest BCUT2D eigenvalue weighted by Crippen LogP contribution is -2.68.